The van der Waals surface area contributed by atoms with Gasteiger partial charge in [-0.3, -0.25) is 4.79 Å². The lowest BCUT2D eigenvalue weighted by Gasteiger charge is -2.08. The van der Waals surface area contributed by atoms with Gasteiger partial charge >= 0.3 is 0 Å². The van der Waals surface area contributed by atoms with Crippen molar-refractivity contribution in [1.82, 2.24) is 0 Å². The van der Waals surface area contributed by atoms with Gasteiger partial charge in [0.1, 0.15) is 0 Å². The summed E-state index contributed by atoms with van der Waals surface area (Å²) in [6, 6.07) is 20.3. The van der Waals surface area contributed by atoms with E-state index in [0.29, 0.717) is 6.42 Å². The van der Waals surface area contributed by atoms with E-state index in [9.17, 15) is 4.79 Å². The number of halogens is 1. The van der Waals surface area contributed by atoms with Crippen molar-refractivity contribution in [3.63, 3.8) is 0 Å². The van der Waals surface area contributed by atoms with E-state index in [0.717, 1.165) is 25.6 Å². The number of hydrogen-bond acceptors (Lipinski definition) is 1. The lowest BCUT2D eigenvalue weighted by atomic mass is 9.97. The molecule has 0 aromatic heterocycles. The highest BCUT2D eigenvalue weighted by Crippen LogP contribution is 2.22. The van der Waals surface area contributed by atoms with Crippen molar-refractivity contribution in [2.24, 2.45) is 0 Å². The Hall–Kier alpha value is -1.68. The van der Waals surface area contributed by atoms with E-state index in [1.165, 1.54) is 5.39 Å². The third-order valence-electron chi connectivity index (χ3n) is 3.72. The van der Waals surface area contributed by atoms with Crippen LogP contribution in [0.3, 0.4) is 0 Å². The van der Waals surface area contributed by atoms with E-state index in [2.05, 4.69) is 40.8 Å². The molecule has 104 valence electrons. The second-order valence-electron chi connectivity index (χ2n) is 5.17. The Morgan fingerprint density at radius 2 is 1.67 bits per heavy atom. The fourth-order valence-electron chi connectivity index (χ4n) is 2.58. The first-order valence-electron chi connectivity index (χ1n) is 6.92. The average Bonchev–Trinajstić information content (AvgIpc) is 2.50. The number of aryl methyl sites for hydroxylation is 1. The van der Waals surface area contributed by atoms with Crippen LogP contribution in [0.2, 0.25) is 0 Å². The van der Waals surface area contributed by atoms with E-state index in [4.69, 9.17) is 0 Å². The summed E-state index contributed by atoms with van der Waals surface area (Å²) >= 11 is 2.26. The molecule has 0 aliphatic rings. The van der Waals surface area contributed by atoms with E-state index in [1.807, 2.05) is 49.4 Å². The molecule has 0 aliphatic carbocycles. The van der Waals surface area contributed by atoms with Gasteiger partial charge in [-0.1, -0.05) is 60.7 Å². The Bertz CT molecular complexity index is 815. The van der Waals surface area contributed by atoms with Crippen LogP contribution in [-0.4, -0.2) is 5.78 Å². The Kier molecular flexibility index (Phi) is 4.06. The minimum absolute atomic E-state index is 0.180. The summed E-state index contributed by atoms with van der Waals surface area (Å²) in [5, 5.41) is 2.35. The van der Waals surface area contributed by atoms with Crippen LogP contribution in [0.1, 0.15) is 21.5 Å². The Labute approximate surface area is 138 Å². The molecule has 3 aromatic rings. The third kappa shape index (κ3) is 2.86. The van der Waals surface area contributed by atoms with Gasteiger partial charge in [0.2, 0.25) is 0 Å². The molecule has 0 saturated carbocycles. The third-order valence-corrected chi connectivity index (χ3v) is 5.16. The monoisotopic (exact) mass is 386 g/mol. The number of carbonyl (C=O) groups is 1. The average molecular weight is 386 g/mol. The fraction of sp³-hybridized carbons (Fsp3) is 0.105. The van der Waals surface area contributed by atoms with Crippen LogP contribution < -0.4 is 0 Å². The quantitative estimate of drug-likeness (QED) is 0.448. The summed E-state index contributed by atoms with van der Waals surface area (Å²) in [5.74, 6) is 0.180. The van der Waals surface area contributed by atoms with Gasteiger partial charge in [-0.25, -0.2) is 0 Å². The van der Waals surface area contributed by atoms with E-state index < -0.39 is 0 Å². The zero-order chi connectivity index (χ0) is 14.8. The number of Topliss-reactive ketones (excluding diaryl/α,β-unsaturated/α-hetero) is 1. The van der Waals surface area contributed by atoms with Crippen LogP contribution >= 0.6 is 22.6 Å². The van der Waals surface area contributed by atoms with E-state index in [1.54, 1.807) is 0 Å². The molecule has 0 N–H and O–H groups in total. The molecular formula is C19H15IO. The van der Waals surface area contributed by atoms with Crippen LogP contribution in [0.5, 0.6) is 0 Å². The zero-order valence-corrected chi connectivity index (χ0v) is 13.9. The van der Waals surface area contributed by atoms with E-state index in [-0.39, 0.29) is 5.78 Å². The smallest absolute Gasteiger partial charge is 0.168 e. The molecule has 3 aromatic carbocycles. The molecule has 0 radical (unpaired) electrons. The highest BCUT2D eigenvalue weighted by atomic mass is 127. The van der Waals surface area contributed by atoms with Crippen molar-refractivity contribution in [2.75, 3.05) is 0 Å². The van der Waals surface area contributed by atoms with Crippen LogP contribution in [0.4, 0.5) is 0 Å². The van der Waals surface area contributed by atoms with Gasteiger partial charge in [0.25, 0.3) is 0 Å². The second kappa shape index (κ2) is 5.98. The SMILES string of the molecule is Cc1cccc(C(=O)Cc2cccc3ccccc23)c1I. The van der Waals surface area contributed by atoms with Crippen molar-refractivity contribution in [3.05, 3.63) is 80.9 Å². The zero-order valence-electron chi connectivity index (χ0n) is 11.8. The van der Waals surface area contributed by atoms with Gasteiger partial charge in [0.05, 0.1) is 0 Å². The molecule has 0 spiro atoms. The maximum absolute atomic E-state index is 12.6. The summed E-state index contributed by atoms with van der Waals surface area (Å²) in [4.78, 5) is 12.6. The first kappa shape index (κ1) is 14.3. The van der Waals surface area contributed by atoms with Crippen molar-refractivity contribution in [3.8, 4) is 0 Å². The molecule has 0 bridgehead atoms. The van der Waals surface area contributed by atoms with E-state index >= 15 is 0 Å². The van der Waals surface area contributed by atoms with Crippen LogP contribution in [0, 0.1) is 10.5 Å². The standard InChI is InChI=1S/C19H15IO/c1-13-6-4-11-17(19(13)20)18(21)12-15-9-5-8-14-7-2-3-10-16(14)15/h2-11H,12H2,1H3. The Balaban J connectivity index is 1.99. The molecule has 21 heavy (non-hydrogen) atoms. The number of benzene rings is 3. The molecule has 0 unspecified atom stereocenters. The number of carbonyl (C=O) groups excluding carboxylic acids is 1. The van der Waals surface area contributed by atoms with Crippen LogP contribution in [0.15, 0.2) is 60.7 Å². The first-order valence-corrected chi connectivity index (χ1v) is 7.99. The Morgan fingerprint density at radius 1 is 0.952 bits per heavy atom. The van der Waals surface area contributed by atoms with Gasteiger partial charge in [-0.2, -0.15) is 0 Å². The lowest BCUT2D eigenvalue weighted by molar-refractivity contribution is 0.0992. The molecule has 0 fully saturated rings. The Morgan fingerprint density at radius 3 is 2.52 bits per heavy atom. The highest BCUT2D eigenvalue weighted by Gasteiger charge is 2.13. The summed E-state index contributed by atoms with van der Waals surface area (Å²) in [6.07, 6.45) is 0.445. The van der Waals surface area contributed by atoms with Gasteiger partial charge in [-0.05, 0) is 51.4 Å². The second-order valence-corrected chi connectivity index (χ2v) is 6.25. The minimum Gasteiger partial charge on any atom is -0.294 e. The maximum atomic E-state index is 12.6. The molecule has 0 saturated heterocycles. The van der Waals surface area contributed by atoms with Crippen LogP contribution in [-0.2, 0) is 6.42 Å². The first-order chi connectivity index (χ1) is 10.2. The molecule has 3 rings (SSSR count). The molecule has 1 nitrogen and oxygen atoms in total. The van der Waals surface area contributed by atoms with Crippen molar-refractivity contribution < 1.29 is 4.79 Å². The number of hydrogen-bond donors (Lipinski definition) is 0. The summed E-state index contributed by atoms with van der Waals surface area (Å²) in [7, 11) is 0. The van der Waals surface area contributed by atoms with Crippen molar-refractivity contribution >= 4 is 39.1 Å². The summed E-state index contributed by atoms with van der Waals surface area (Å²) < 4.78 is 1.06. The largest absolute Gasteiger partial charge is 0.294 e. The fourth-order valence-corrected chi connectivity index (χ4v) is 3.24. The number of fused-ring (bicyclic) bond motifs is 1. The van der Waals surface area contributed by atoms with Crippen molar-refractivity contribution in [2.45, 2.75) is 13.3 Å². The number of rotatable bonds is 3. The molecule has 2 heteroatoms. The summed E-state index contributed by atoms with van der Waals surface area (Å²) in [6.45, 7) is 2.04. The predicted molar refractivity (Wildman–Crippen MR) is 95.9 cm³/mol. The maximum Gasteiger partial charge on any atom is 0.168 e. The lowest BCUT2D eigenvalue weighted by Crippen LogP contribution is -2.07. The molecular weight excluding hydrogens is 371 g/mol. The van der Waals surface area contributed by atoms with Gasteiger partial charge < -0.3 is 0 Å². The van der Waals surface area contributed by atoms with Gasteiger partial charge in [-0.15, -0.1) is 0 Å². The topological polar surface area (TPSA) is 17.1 Å². The van der Waals surface area contributed by atoms with Crippen LogP contribution in [0.25, 0.3) is 10.8 Å². The predicted octanol–water partition coefficient (Wildman–Crippen LogP) is 5.18. The summed E-state index contributed by atoms with van der Waals surface area (Å²) in [5.41, 5.74) is 3.07. The minimum atomic E-state index is 0.180. The highest BCUT2D eigenvalue weighted by molar-refractivity contribution is 14.1. The van der Waals surface area contributed by atoms with Gasteiger partial charge in [0.15, 0.2) is 5.78 Å². The molecule has 0 amide bonds. The number of ketones is 1. The van der Waals surface area contributed by atoms with Crippen molar-refractivity contribution in [1.29, 1.82) is 0 Å². The van der Waals surface area contributed by atoms with Gasteiger partial charge in [0, 0.05) is 15.6 Å². The normalized spacial score (nSPS) is 10.8. The molecule has 0 atom stereocenters. The molecule has 0 heterocycles. The molecule has 0 aliphatic heterocycles.